The second-order valence-electron chi connectivity index (χ2n) is 5.98. The number of hydrogen-bond donors (Lipinski definition) is 1. The van der Waals surface area contributed by atoms with Gasteiger partial charge in [-0.1, -0.05) is 66.7 Å². The first-order chi connectivity index (χ1) is 12.8. The molecular formula is C22H26N2O2. The van der Waals surface area contributed by atoms with Crippen LogP contribution in [0.1, 0.15) is 24.5 Å². The lowest BCUT2D eigenvalue weighted by Gasteiger charge is -2.24. The third-order valence-electron chi connectivity index (χ3n) is 4.13. The summed E-state index contributed by atoms with van der Waals surface area (Å²) in [5.41, 5.74) is 2.98. The van der Waals surface area contributed by atoms with Gasteiger partial charge in [0.25, 0.3) is 0 Å². The summed E-state index contributed by atoms with van der Waals surface area (Å²) in [7, 11) is 0. The second kappa shape index (κ2) is 11.0. The Hall–Kier alpha value is -2.72. The highest BCUT2D eigenvalue weighted by molar-refractivity contribution is 5.90. The first-order valence-corrected chi connectivity index (χ1v) is 8.96. The molecule has 0 heterocycles. The van der Waals surface area contributed by atoms with Crippen molar-refractivity contribution in [2.75, 3.05) is 19.6 Å². The number of allylic oxidation sites excluding steroid dienone is 1. The van der Waals surface area contributed by atoms with Gasteiger partial charge in [-0.15, -0.1) is 0 Å². The maximum Gasteiger partial charge on any atom is 0.241 e. The fourth-order valence-corrected chi connectivity index (χ4v) is 2.85. The fourth-order valence-electron chi connectivity index (χ4n) is 2.85. The monoisotopic (exact) mass is 350 g/mol. The molecule has 2 rings (SSSR count). The number of aldehydes is 1. The van der Waals surface area contributed by atoms with Gasteiger partial charge >= 0.3 is 0 Å². The molecular weight excluding hydrogens is 324 g/mol. The van der Waals surface area contributed by atoms with Gasteiger partial charge in [0.2, 0.25) is 5.91 Å². The van der Waals surface area contributed by atoms with Crippen molar-refractivity contribution in [1.82, 2.24) is 10.2 Å². The first-order valence-electron chi connectivity index (χ1n) is 8.96. The van der Waals surface area contributed by atoms with Crippen molar-refractivity contribution in [2.45, 2.75) is 19.8 Å². The summed E-state index contributed by atoms with van der Waals surface area (Å²) < 4.78 is 0. The Bertz CT molecular complexity index is 711. The Morgan fingerprint density at radius 1 is 1.04 bits per heavy atom. The van der Waals surface area contributed by atoms with Crippen molar-refractivity contribution in [3.05, 3.63) is 77.9 Å². The van der Waals surface area contributed by atoms with Gasteiger partial charge in [0, 0.05) is 5.70 Å². The predicted molar refractivity (Wildman–Crippen MR) is 106 cm³/mol. The lowest BCUT2D eigenvalue weighted by Crippen LogP contribution is -2.38. The third kappa shape index (κ3) is 5.97. The molecule has 0 saturated carbocycles. The largest absolute Gasteiger partial charge is 0.308 e. The first kappa shape index (κ1) is 19.6. The highest BCUT2D eigenvalue weighted by Gasteiger charge is 2.17. The molecule has 0 saturated heterocycles. The number of aryl methyl sites for hydroxylation is 1. The highest BCUT2D eigenvalue weighted by Crippen LogP contribution is 2.18. The average Bonchev–Trinajstić information content (AvgIpc) is 2.69. The van der Waals surface area contributed by atoms with Crippen LogP contribution in [0.15, 0.2) is 66.7 Å². The summed E-state index contributed by atoms with van der Waals surface area (Å²) in [6.07, 6.45) is 4.57. The molecule has 0 fully saturated rings. The molecule has 0 aliphatic carbocycles. The van der Waals surface area contributed by atoms with Gasteiger partial charge in [0.15, 0.2) is 0 Å². The van der Waals surface area contributed by atoms with Gasteiger partial charge in [0.1, 0.15) is 6.29 Å². The van der Waals surface area contributed by atoms with E-state index >= 15 is 0 Å². The Morgan fingerprint density at radius 3 is 2.31 bits per heavy atom. The average molecular weight is 350 g/mol. The lowest BCUT2D eigenvalue weighted by molar-refractivity contribution is -0.128. The quantitative estimate of drug-likeness (QED) is 0.528. The standard InChI is InChI=1S/C22H26N2O2/c1-2-21(20-13-7-4-8-14-20)24(16-17-25)22(26)18-23-15-9-12-19-10-5-3-6-11-19/h2-8,10-11,13-14,17,23H,9,12,15-16,18H2,1H3/b21-2-. The van der Waals surface area contributed by atoms with Crippen molar-refractivity contribution in [1.29, 1.82) is 0 Å². The van der Waals surface area contributed by atoms with E-state index in [2.05, 4.69) is 17.4 Å². The molecule has 0 aliphatic heterocycles. The van der Waals surface area contributed by atoms with Crippen LogP contribution in [0.4, 0.5) is 0 Å². The van der Waals surface area contributed by atoms with Gasteiger partial charge in [-0.25, -0.2) is 0 Å². The Kier molecular flexibility index (Phi) is 8.30. The predicted octanol–water partition coefficient (Wildman–Crippen LogP) is 3.30. The lowest BCUT2D eigenvalue weighted by atomic mass is 10.1. The van der Waals surface area contributed by atoms with Crippen molar-refractivity contribution >= 4 is 17.9 Å². The smallest absolute Gasteiger partial charge is 0.241 e. The molecule has 2 aromatic carbocycles. The minimum Gasteiger partial charge on any atom is -0.308 e. The number of benzene rings is 2. The van der Waals surface area contributed by atoms with E-state index in [1.807, 2.05) is 61.5 Å². The molecule has 0 unspecified atom stereocenters. The van der Waals surface area contributed by atoms with Crippen LogP contribution in [0.25, 0.3) is 5.70 Å². The van der Waals surface area contributed by atoms with Crippen LogP contribution in [-0.2, 0) is 16.0 Å². The van der Waals surface area contributed by atoms with E-state index in [-0.39, 0.29) is 19.0 Å². The van der Waals surface area contributed by atoms with Crippen LogP contribution in [0, 0.1) is 0 Å². The topological polar surface area (TPSA) is 49.4 Å². The van der Waals surface area contributed by atoms with Crippen LogP contribution in [0.3, 0.4) is 0 Å². The SMILES string of the molecule is C/C=C(/c1ccccc1)N(CC=O)C(=O)CNCCCc1ccccc1. The molecule has 0 radical (unpaired) electrons. The molecule has 0 aromatic heterocycles. The molecule has 2 aromatic rings. The fraction of sp³-hybridized carbons (Fsp3) is 0.273. The number of carbonyl (C=O) groups is 2. The highest BCUT2D eigenvalue weighted by atomic mass is 16.2. The van der Waals surface area contributed by atoms with E-state index in [9.17, 15) is 9.59 Å². The van der Waals surface area contributed by atoms with E-state index in [1.54, 1.807) is 0 Å². The minimum absolute atomic E-state index is 0.0547. The van der Waals surface area contributed by atoms with E-state index in [1.165, 1.54) is 10.5 Å². The van der Waals surface area contributed by atoms with Crippen LogP contribution < -0.4 is 5.32 Å². The molecule has 1 amide bonds. The Morgan fingerprint density at radius 2 is 1.69 bits per heavy atom. The molecule has 0 bridgehead atoms. The van der Waals surface area contributed by atoms with Crippen molar-refractivity contribution in [3.63, 3.8) is 0 Å². The van der Waals surface area contributed by atoms with E-state index in [0.717, 1.165) is 36.9 Å². The van der Waals surface area contributed by atoms with Crippen molar-refractivity contribution in [3.8, 4) is 0 Å². The van der Waals surface area contributed by atoms with Crippen LogP contribution in [0.2, 0.25) is 0 Å². The number of nitrogens with one attached hydrogen (secondary N) is 1. The van der Waals surface area contributed by atoms with Gasteiger partial charge < -0.3 is 15.0 Å². The summed E-state index contributed by atoms with van der Waals surface area (Å²) in [6.45, 7) is 2.90. The maximum absolute atomic E-state index is 12.6. The minimum atomic E-state index is -0.103. The van der Waals surface area contributed by atoms with Gasteiger partial charge in [-0.05, 0) is 37.4 Å². The zero-order valence-corrected chi connectivity index (χ0v) is 15.2. The van der Waals surface area contributed by atoms with E-state index < -0.39 is 0 Å². The van der Waals surface area contributed by atoms with E-state index in [0.29, 0.717) is 0 Å². The summed E-state index contributed by atoms with van der Waals surface area (Å²) in [4.78, 5) is 25.2. The Balaban J connectivity index is 1.86. The van der Waals surface area contributed by atoms with Crippen molar-refractivity contribution in [2.24, 2.45) is 0 Å². The summed E-state index contributed by atoms with van der Waals surface area (Å²) in [5.74, 6) is -0.103. The van der Waals surface area contributed by atoms with Crippen molar-refractivity contribution < 1.29 is 9.59 Å². The molecule has 0 aliphatic rings. The maximum atomic E-state index is 12.6. The molecule has 1 N–H and O–H groups in total. The molecule has 0 atom stereocenters. The zero-order valence-electron chi connectivity index (χ0n) is 15.2. The van der Waals surface area contributed by atoms with Crippen LogP contribution >= 0.6 is 0 Å². The normalized spacial score (nSPS) is 11.2. The summed E-state index contributed by atoms with van der Waals surface area (Å²) in [5, 5.41) is 3.19. The second-order valence-corrected chi connectivity index (χ2v) is 5.98. The third-order valence-corrected chi connectivity index (χ3v) is 4.13. The Labute approximate surface area is 155 Å². The van der Waals surface area contributed by atoms with Gasteiger partial charge in [-0.3, -0.25) is 4.79 Å². The molecule has 26 heavy (non-hydrogen) atoms. The number of hydrogen-bond acceptors (Lipinski definition) is 3. The molecule has 0 spiro atoms. The number of amides is 1. The summed E-state index contributed by atoms with van der Waals surface area (Å²) >= 11 is 0. The van der Waals surface area contributed by atoms with Gasteiger partial charge in [0.05, 0.1) is 13.1 Å². The zero-order chi connectivity index (χ0) is 18.6. The molecule has 4 heteroatoms. The number of nitrogens with zero attached hydrogens (tertiary/aromatic N) is 1. The van der Waals surface area contributed by atoms with Crippen LogP contribution in [-0.4, -0.2) is 36.7 Å². The van der Waals surface area contributed by atoms with Gasteiger partial charge in [-0.2, -0.15) is 0 Å². The number of carbonyl (C=O) groups excluding carboxylic acids is 2. The number of rotatable bonds is 10. The summed E-state index contributed by atoms with van der Waals surface area (Å²) in [6, 6.07) is 19.9. The van der Waals surface area contributed by atoms with E-state index in [4.69, 9.17) is 0 Å². The molecule has 136 valence electrons. The van der Waals surface area contributed by atoms with Crippen LogP contribution in [0.5, 0.6) is 0 Å². The molecule has 4 nitrogen and oxygen atoms in total.